The lowest BCUT2D eigenvalue weighted by atomic mass is 10.1. The summed E-state index contributed by atoms with van der Waals surface area (Å²) in [7, 11) is 0. The van der Waals surface area contributed by atoms with Gasteiger partial charge < -0.3 is 5.32 Å². The molecular formula is C18H21NS. The van der Waals surface area contributed by atoms with Gasteiger partial charge in [0.05, 0.1) is 0 Å². The Labute approximate surface area is 126 Å². The van der Waals surface area contributed by atoms with Gasteiger partial charge in [0.1, 0.15) is 0 Å². The van der Waals surface area contributed by atoms with Crippen LogP contribution < -0.4 is 5.32 Å². The Kier molecular flexibility index (Phi) is 5.31. The van der Waals surface area contributed by atoms with Gasteiger partial charge in [0.25, 0.3) is 0 Å². The van der Waals surface area contributed by atoms with Crippen LogP contribution in [0.2, 0.25) is 0 Å². The first-order chi connectivity index (χ1) is 9.70. The van der Waals surface area contributed by atoms with Crippen molar-refractivity contribution >= 4 is 17.4 Å². The zero-order valence-corrected chi connectivity index (χ0v) is 13.0. The Morgan fingerprint density at radius 2 is 1.95 bits per heavy atom. The molecule has 2 aromatic rings. The highest BCUT2D eigenvalue weighted by Crippen LogP contribution is 2.27. The first-order valence-electron chi connectivity index (χ1n) is 6.83. The van der Waals surface area contributed by atoms with Crippen LogP contribution in [0.3, 0.4) is 0 Å². The van der Waals surface area contributed by atoms with E-state index in [1.165, 1.54) is 27.3 Å². The van der Waals surface area contributed by atoms with Crippen LogP contribution in [0, 0.1) is 13.8 Å². The molecule has 0 aromatic heterocycles. The monoisotopic (exact) mass is 283 g/mol. The maximum atomic E-state index is 3.78. The fourth-order valence-electron chi connectivity index (χ4n) is 2.12. The highest BCUT2D eigenvalue weighted by atomic mass is 32.2. The molecule has 0 radical (unpaired) electrons. The molecular weight excluding hydrogens is 262 g/mol. The predicted octanol–water partition coefficient (Wildman–Crippen LogP) is 5.19. The molecule has 0 fully saturated rings. The lowest BCUT2D eigenvalue weighted by Crippen LogP contribution is -2.02. The van der Waals surface area contributed by atoms with Crippen molar-refractivity contribution in [1.82, 2.24) is 0 Å². The molecule has 0 atom stereocenters. The molecule has 0 heterocycles. The Balaban J connectivity index is 2.08. The summed E-state index contributed by atoms with van der Waals surface area (Å²) in [5.41, 5.74) is 5.19. The molecule has 0 spiro atoms. The van der Waals surface area contributed by atoms with Crippen LogP contribution in [0.25, 0.3) is 0 Å². The van der Waals surface area contributed by atoms with Crippen molar-refractivity contribution in [3.63, 3.8) is 0 Å². The standard InChI is InChI=1S/C18H21NS/c1-4-11-20-18-8-6-5-7-17(18)19-13-16-10-9-14(2)12-15(16)3/h4-10,12,19H,1,11,13H2,2-3H3. The largest absolute Gasteiger partial charge is 0.380 e. The maximum absolute atomic E-state index is 3.78. The quantitative estimate of drug-likeness (QED) is 0.578. The summed E-state index contributed by atoms with van der Waals surface area (Å²) in [6, 6.07) is 15.0. The predicted molar refractivity (Wildman–Crippen MR) is 90.6 cm³/mol. The van der Waals surface area contributed by atoms with Gasteiger partial charge in [-0.3, -0.25) is 0 Å². The van der Waals surface area contributed by atoms with E-state index in [1.807, 2.05) is 17.8 Å². The molecule has 0 saturated carbocycles. The second-order valence-electron chi connectivity index (χ2n) is 4.88. The molecule has 0 bridgehead atoms. The van der Waals surface area contributed by atoms with Crippen LogP contribution in [0.4, 0.5) is 5.69 Å². The van der Waals surface area contributed by atoms with Gasteiger partial charge in [-0.1, -0.05) is 42.0 Å². The second kappa shape index (κ2) is 7.20. The number of anilines is 1. The summed E-state index contributed by atoms with van der Waals surface area (Å²) >= 11 is 1.81. The number of hydrogen-bond donors (Lipinski definition) is 1. The fourth-order valence-corrected chi connectivity index (χ4v) is 2.89. The third kappa shape index (κ3) is 3.91. The topological polar surface area (TPSA) is 12.0 Å². The molecule has 0 aliphatic carbocycles. The lowest BCUT2D eigenvalue weighted by Gasteiger charge is -2.13. The average Bonchev–Trinajstić information content (AvgIpc) is 2.45. The van der Waals surface area contributed by atoms with Crippen molar-refractivity contribution < 1.29 is 0 Å². The summed E-state index contributed by atoms with van der Waals surface area (Å²) < 4.78 is 0. The van der Waals surface area contributed by atoms with Crippen LogP contribution in [0.15, 0.2) is 60.0 Å². The van der Waals surface area contributed by atoms with Crippen molar-refractivity contribution in [2.75, 3.05) is 11.1 Å². The van der Waals surface area contributed by atoms with Crippen LogP contribution in [-0.4, -0.2) is 5.75 Å². The van der Waals surface area contributed by atoms with Crippen LogP contribution in [0.1, 0.15) is 16.7 Å². The minimum atomic E-state index is 0.859. The number of hydrogen-bond acceptors (Lipinski definition) is 2. The van der Waals surface area contributed by atoms with Gasteiger partial charge in [0.2, 0.25) is 0 Å². The number of thioether (sulfide) groups is 1. The zero-order chi connectivity index (χ0) is 14.4. The van der Waals surface area contributed by atoms with Gasteiger partial charge in [-0.15, -0.1) is 18.3 Å². The Morgan fingerprint density at radius 1 is 1.15 bits per heavy atom. The molecule has 0 saturated heterocycles. The minimum Gasteiger partial charge on any atom is -0.380 e. The Hall–Kier alpha value is -1.67. The lowest BCUT2D eigenvalue weighted by molar-refractivity contribution is 1.10. The highest BCUT2D eigenvalue weighted by molar-refractivity contribution is 7.99. The van der Waals surface area contributed by atoms with E-state index in [2.05, 4.69) is 68.2 Å². The smallest absolute Gasteiger partial charge is 0.0481 e. The first-order valence-corrected chi connectivity index (χ1v) is 7.82. The van der Waals surface area contributed by atoms with E-state index >= 15 is 0 Å². The van der Waals surface area contributed by atoms with E-state index < -0.39 is 0 Å². The van der Waals surface area contributed by atoms with E-state index in [0.29, 0.717) is 0 Å². The second-order valence-corrected chi connectivity index (χ2v) is 5.94. The normalized spacial score (nSPS) is 10.3. The zero-order valence-electron chi connectivity index (χ0n) is 12.1. The summed E-state index contributed by atoms with van der Waals surface area (Å²) in [6.45, 7) is 8.94. The highest BCUT2D eigenvalue weighted by Gasteiger charge is 2.03. The SMILES string of the molecule is C=CCSc1ccccc1NCc1ccc(C)cc1C. The maximum Gasteiger partial charge on any atom is 0.0481 e. The van der Waals surface area contributed by atoms with Crippen LogP contribution in [-0.2, 0) is 6.54 Å². The third-order valence-electron chi connectivity index (χ3n) is 3.21. The molecule has 0 amide bonds. The molecule has 2 heteroatoms. The van der Waals surface area contributed by atoms with E-state index in [1.54, 1.807) is 0 Å². The summed E-state index contributed by atoms with van der Waals surface area (Å²) in [6.07, 6.45) is 1.94. The van der Waals surface area contributed by atoms with Crippen molar-refractivity contribution in [3.8, 4) is 0 Å². The van der Waals surface area contributed by atoms with Gasteiger partial charge in [-0.25, -0.2) is 0 Å². The first kappa shape index (κ1) is 14.7. The number of para-hydroxylation sites is 1. The van der Waals surface area contributed by atoms with Gasteiger partial charge in [-0.2, -0.15) is 0 Å². The van der Waals surface area contributed by atoms with E-state index in [4.69, 9.17) is 0 Å². The summed E-state index contributed by atoms with van der Waals surface area (Å²) in [4.78, 5) is 1.28. The van der Waals surface area contributed by atoms with Crippen LogP contribution in [0.5, 0.6) is 0 Å². The molecule has 1 nitrogen and oxygen atoms in total. The molecule has 0 aliphatic rings. The Morgan fingerprint density at radius 3 is 2.70 bits per heavy atom. The average molecular weight is 283 g/mol. The molecule has 104 valence electrons. The molecule has 2 rings (SSSR count). The fraction of sp³-hybridized carbons (Fsp3) is 0.222. The third-order valence-corrected chi connectivity index (χ3v) is 4.28. The van der Waals surface area contributed by atoms with Crippen molar-refractivity contribution in [1.29, 1.82) is 0 Å². The van der Waals surface area contributed by atoms with Crippen molar-refractivity contribution in [2.24, 2.45) is 0 Å². The van der Waals surface area contributed by atoms with Crippen LogP contribution >= 0.6 is 11.8 Å². The number of aryl methyl sites for hydroxylation is 2. The van der Waals surface area contributed by atoms with Gasteiger partial charge in [-0.05, 0) is 37.1 Å². The summed E-state index contributed by atoms with van der Waals surface area (Å²) in [5.74, 6) is 0.933. The van der Waals surface area contributed by atoms with E-state index in [-0.39, 0.29) is 0 Å². The minimum absolute atomic E-state index is 0.859. The number of rotatable bonds is 6. The van der Waals surface area contributed by atoms with Gasteiger partial charge in [0, 0.05) is 22.9 Å². The van der Waals surface area contributed by atoms with Crippen molar-refractivity contribution in [3.05, 3.63) is 71.8 Å². The molecule has 20 heavy (non-hydrogen) atoms. The van der Waals surface area contributed by atoms with E-state index in [0.717, 1.165) is 12.3 Å². The molecule has 2 aromatic carbocycles. The Bertz CT molecular complexity index is 590. The van der Waals surface area contributed by atoms with Gasteiger partial charge in [0.15, 0.2) is 0 Å². The molecule has 0 aliphatic heterocycles. The number of benzene rings is 2. The molecule has 1 N–H and O–H groups in total. The van der Waals surface area contributed by atoms with Crippen molar-refractivity contribution in [2.45, 2.75) is 25.3 Å². The molecule has 0 unspecified atom stereocenters. The number of nitrogens with one attached hydrogen (secondary N) is 1. The summed E-state index contributed by atoms with van der Waals surface area (Å²) in [5, 5.41) is 3.54. The van der Waals surface area contributed by atoms with E-state index in [9.17, 15) is 0 Å². The van der Waals surface area contributed by atoms with Gasteiger partial charge >= 0.3 is 0 Å².